The minimum absolute atomic E-state index is 0.560. The van der Waals surface area contributed by atoms with Gasteiger partial charge in [-0.3, -0.25) is 0 Å². The van der Waals surface area contributed by atoms with E-state index in [0.29, 0.717) is 5.95 Å². The van der Waals surface area contributed by atoms with Crippen molar-refractivity contribution in [1.82, 2.24) is 15.2 Å². The molecule has 0 atom stereocenters. The highest BCUT2D eigenvalue weighted by molar-refractivity contribution is 7.99. The summed E-state index contributed by atoms with van der Waals surface area (Å²) >= 11 is 1.70. The third-order valence-corrected chi connectivity index (χ3v) is 2.94. The monoisotopic (exact) mass is 244 g/mol. The molecule has 1 heterocycles. The molecule has 0 aliphatic rings. The molecule has 2 rings (SSSR count). The molecule has 0 saturated carbocycles. The van der Waals surface area contributed by atoms with Gasteiger partial charge in [0, 0.05) is 12.3 Å². The minimum Gasteiger partial charge on any atom is -0.352 e. The van der Waals surface area contributed by atoms with Crippen molar-refractivity contribution in [2.24, 2.45) is 0 Å². The summed E-state index contributed by atoms with van der Waals surface area (Å²) in [6.45, 7) is 0.784. The highest BCUT2D eigenvalue weighted by Crippen LogP contribution is 2.08. The van der Waals surface area contributed by atoms with Gasteiger partial charge in [0.2, 0.25) is 5.95 Å². The molecule has 1 aromatic heterocycles. The summed E-state index contributed by atoms with van der Waals surface area (Å²) in [6.07, 6.45) is 5.16. The van der Waals surface area contributed by atoms with Crippen molar-refractivity contribution in [1.29, 1.82) is 0 Å². The van der Waals surface area contributed by atoms with Gasteiger partial charge in [-0.05, 0) is 12.1 Å². The van der Waals surface area contributed by atoms with Crippen molar-refractivity contribution < 1.29 is 0 Å². The van der Waals surface area contributed by atoms with Crippen LogP contribution in [0.15, 0.2) is 24.3 Å². The van der Waals surface area contributed by atoms with Crippen molar-refractivity contribution in [2.45, 2.75) is 0 Å². The lowest BCUT2D eigenvalue weighted by molar-refractivity contribution is 1.00. The fourth-order valence-electron chi connectivity index (χ4n) is 1.32. The third kappa shape index (κ3) is 3.33. The van der Waals surface area contributed by atoms with Gasteiger partial charge in [-0.1, -0.05) is 18.1 Å². The number of hydrogen-bond acceptors (Lipinski definition) is 5. The van der Waals surface area contributed by atoms with Gasteiger partial charge in [0.25, 0.3) is 0 Å². The van der Waals surface area contributed by atoms with Crippen molar-refractivity contribution in [2.75, 3.05) is 23.4 Å². The molecule has 0 fully saturated rings. The van der Waals surface area contributed by atoms with Crippen LogP contribution in [-0.4, -0.2) is 33.2 Å². The van der Waals surface area contributed by atoms with Crippen LogP contribution in [0.5, 0.6) is 0 Å². The second-order valence-corrected chi connectivity index (χ2v) is 4.41. The van der Waals surface area contributed by atoms with Crippen LogP contribution in [0.3, 0.4) is 0 Å². The molecule has 0 radical (unpaired) electrons. The molecule has 0 saturated heterocycles. The van der Waals surface area contributed by atoms with Gasteiger partial charge in [0.15, 0.2) is 0 Å². The second-order valence-electron chi connectivity index (χ2n) is 3.31. The Balaban J connectivity index is 1.93. The molecule has 86 valence electrons. The Kier molecular flexibility index (Phi) is 4.17. The van der Waals surface area contributed by atoms with Crippen LogP contribution in [-0.2, 0) is 0 Å². The maximum absolute atomic E-state index is 5.16. The quantitative estimate of drug-likeness (QED) is 0.642. The zero-order valence-corrected chi connectivity index (χ0v) is 10.1. The van der Waals surface area contributed by atoms with Gasteiger partial charge in [-0.15, -0.1) is 28.4 Å². The zero-order chi connectivity index (χ0) is 11.9. The molecule has 1 aromatic carbocycles. The van der Waals surface area contributed by atoms with E-state index in [-0.39, 0.29) is 0 Å². The number of terminal acetylenes is 1. The maximum Gasteiger partial charge on any atom is 0.243 e. The first-order valence-electron chi connectivity index (χ1n) is 5.24. The Morgan fingerprint density at radius 2 is 2.06 bits per heavy atom. The van der Waals surface area contributed by atoms with Gasteiger partial charge >= 0.3 is 0 Å². The van der Waals surface area contributed by atoms with E-state index in [1.54, 1.807) is 11.8 Å². The van der Waals surface area contributed by atoms with Crippen LogP contribution in [0.2, 0.25) is 0 Å². The van der Waals surface area contributed by atoms with Gasteiger partial charge in [-0.2, -0.15) is 0 Å². The predicted molar refractivity (Wildman–Crippen MR) is 72.0 cm³/mol. The van der Waals surface area contributed by atoms with Crippen LogP contribution in [0, 0.1) is 12.3 Å². The summed E-state index contributed by atoms with van der Waals surface area (Å²) in [4.78, 5) is 4.36. The number of rotatable bonds is 5. The number of nitrogens with one attached hydrogen (secondary N) is 1. The molecule has 0 amide bonds. The molecule has 0 aliphatic carbocycles. The average Bonchev–Trinajstić information content (AvgIpc) is 2.38. The van der Waals surface area contributed by atoms with E-state index in [0.717, 1.165) is 29.1 Å². The van der Waals surface area contributed by atoms with Gasteiger partial charge < -0.3 is 5.32 Å². The Morgan fingerprint density at radius 3 is 2.88 bits per heavy atom. The molecule has 1 N–H and O–H groups in total. The first kappa shape index (κ1) is 11.7. The highest BCUT2D eigenvalue weighted by atomic mass is 32.2. The molecule has 0 spiro atoms. The molecular weight excluding hydrogens is 232 g/mol. The highest BCUT2D eigenvalue weighted by Gasteiger charge is 1.99. The molecule has 4 nitrogen and oxygen atoms in total. The largest absolute Gasteiger partial charge is 0.352 e. The van der Waals surface area contributed by atoms with Crippen LogP contribution < -0.4 is 5.32 Å². The third-order valence-electron chi connectivity index (χ3n) is 2.08. The Morgan fingerprint density at radius 1 is 1.24 bits per heavy atom. The number of fused-ring (bicyclic) bond motifs is 1. The second kappa shape index (κ2) is 6.06. The molecule has 0 aliphatic heterocycles. The van der Waals surface area contributed by atoms with Crippen molar-refractivity contribution in [3.8, 4) is 12.3 Å². The number of para-hydroxylation sites is 1. The van der Waals surface area contributed by atoms with E-state index in [1.165, 1.54) is 0 Å². The van der Waals surface area contributed by atoms with Crippen molar-refractivity contribution in [3.63, 3.8) is 0 Å². The van der Waals surface area contributed by atoms with E-state index in [2.05, 4.69) is 26.4 Å². The van der Waals surface area contributed by atoms with Crippen LogP contribution in [0.4, 0.5) is 5.95 Å². The summed E-state index contributed by atoms with van der Waals surface area (Å²) in [5, 5.41) is 11.2. The van der Waals surface area contributed by atoms with E-state index in [4.69, 9.17) is 6.42 Å². The lowest BCUT2D eigenvalue weighted by atomic mass is 10.3. The molecule has 0 unspecified atom stereocenters. The smallest absolute Gasteiger partial charge is 0.243 e. The first-order chi connectivity index (χ1) is 8.40. The predicted octanol–water partition coefficient (Wildman–Crippen LogP) is 1.80. The molecule has 0 bridgehead atoms. The molecule has 17 heavy (non-hydrogen) atoms. The van der Waals surface area contributed by atoms with E-state index < -0.39 is 0 Å². The fraction of sp³-hybridized carbons (Fsp3) is 0.250. The number of aromatic nitrogens is 3. The SMILES string of the molecule is C#CCSCCNc1nnc2ccccc2n1. The van der Waals surface area contributed by atoms with Crippen molar-refractivity contribution in [3.05, 3.63) is 24.3 Å². The Bertz CT molecular complexity index is 535. The van der Waals surface area contributed by atoms with Crippen LogP contribution in [0.1, 0.15) is 0 Å². The average molecular weight is 244 g/mol. The maximum atomic E-state index is 5.16. The normalized spacial score (nSPS) is 10.1. The summed E-state index contributed by atoms with van der Waals surface area (Å²) in [6, 6.07) is 7.66. The standard InChI is InChI=1S/C12H12N4S/c1-2-8-17-9-7-13-12-14-10-5-3-4-6-11(10)15-16-12/h1,3-6H,7-9H2,(H,13,14,16). The first-order valence-corrected chi connectivity index (χ1v) is 6.40. The number of anilines is 1. The summed E-state index contributed by atoms with van der Waals surface area (Å²) in [7, 11) is 0. The van der Waals surface area contributed by atoms with Gasteiger partial charge in [0.05, 0.1) is 11.3 Å². The van der Waals surface area contributed by atoms with E-state index >= 15 is 0 Å². The van der Waals surface area contributed by atoms with Crippen LogP contribution in [0.25, 0.3) is 11.0 Å². The Labute approximate surface area is 104 Å². The summed E-state index contributed by atoms with van der Waals surface area (Å²) in [5.74, 6) is 4.81. The topological polar surface area (TPSA) is 50.7 Å². The lowest BCUT2D eigenvalue weighted by Gasteiger charge is -2.03. The molecular formula is C12H12N4S. The van der Waals surface area contributed by atoms with E-state index in [1.807, 2.05) is 24.3 Å². The molecule has 5 heteroatoms. The lowest BCUT2D eigenvalue weighted by Crippen LogP contribution is -2.08. The van der Waals surface area contributed by atoms with Gasteiger partial charge in [0.1, 0.15) is 5.52 Å². The zero-order valence-electron chi connectivity index (χ0n) is 9.26. The number of benzene rings is 1. The van der Waals surface area contributed by atoms with E-state index in [9.17, 15) is 0 Å². The summed E-state index contributed by atoms with van der Waals surface area (Å²) in [5.41, 5.74) is 1.65. The van der Waals surface area contributed by atoms with Gasteiger partial charge in [-0.25, -0.2) is 4.98 Å². The number of hydrogen-bond donors (Lipinski definition) is 1. The fourth-order valence-corrected chi connectivity index (χ4v) is 1.83. The molecule has 2 aromatic rings. The van der Waals surface area contributed by atoms with Crippen LogP contribution >= 0.6 is 11.8 Å². The number of nitrogens with zero attached hydrogens (tertiary/aromatic N) is 3. The van der Waals surface area contributed by atoms with Crippen molar-refractivity contribution >= 4 is 28.7 Å². The Hall–Kier alpha value is -1.80. The number of thioether (sulfide) groups is 1. The minimum atomic E-state index is 0.560. The summed E-state index contributed by atoms with van der Waals surface area (Å²) < 4.78 is 0.